The molecule has 0 aliphatic rings. The van der Waals surface area contributed by atoms with Crippen molar-refractivity contribution in [2.75, 3.05) is 11.9 Å². The molecule has 3 nitrogen and oxygen atoms in total. The van der Waals surface area contributed by atoms with Crippen LogP contribution in [0.25, 0.3) is 0 Å². The largest absolute Gasteiger partial charge is 0.489 e. The first-order valence-corrected chi connectivity index (χ1v) is 6.64. The van der Waals surface area contributed by atoms with Crippen LogP contribution in [0, 0.1) is 6.92 Å². The number of hydrogen-bond donors (Lipinski definition) is 1. The van der Waals surface area contributed by atoms with Gasteiger partial charge in [-0.3, -0.25) is 0 Å². The number of ether oxygens (including phenoxy) is 1. The van der Waals surface area contributed by atoms with E-state index in [0.717, 1.165) is 34.3 Å². The molecule has 0 amide bonds. The molecular formula is C15H17ClN2O. The van der Waals surface area contributed by atoms with Crippen LogP contribution in [0.2, 0.25) is 5.02 Å². The van der Waals surface area contributed by atoms with Crippen molar-refractivity contribution in [2.45, 2.75) is 20.5 Å². The molecule has 0 fully saturated rings. The maximum atomic E-state index is 5.91. The lowest BCUT2D eigenvalue weighted by atomic mass is 10.2. The number of hydrogen-bond acceptors (Lipinski definition) is 3. The summed E-state index contributed by atoms with van der Waals surface area (Å²) in [5.74, 6) is 1.73. The van der Waals surface area contributed by atoms with Gasteiger partial charge in [-0.15, -0.1) is 0 Å². The van der Waals surface area contributed by atoms with E-state index < -0.39 is 0 Å². The Morgan fingerprint density at radius 3 is 2.74 bits per heavy atom. The molecule has 0 saturated carbocycles. The van der Waals surface area contributed by atoms with E-state index in [4.69, 9.17) is 16.3 Å². The van der Waals surface area contributed by atoms with Crippen molar-refractivity contribution in [1.29, 1.82) is 0 Å². The SMILES string of the molecule is CCNc1ccc(COc2ccc(Cl)cc2C)cn1. The maximum Gasteiger partial charge on any atom is 0.125 e. The predicted octanol–water partition coefficient (Wildman–Crippen LogP) is 4.05. The van der Waals surface area contributed by atoms with E-state index in [1.54, 1.807) is 0 Å². The summed E-state index contributed by atoms with van der Waals surface area (Å²) in [5.41, 5.74) is 2.07. The summed E-state index contributed by atoms with van der Waals surface area (Å²) < 4.78 is 5.76. The average Bonchev–Trinajstić information content (AvgIpc) is 2.40. The van der Waals surface area contributed by atoms with Gasteiger partial charge in [-0.25, -0.2) is 4.98 Å². The van der Waals surface area contributed by atoms with Crippen LogP contribution in [0.3, 0.4) is 0 Å². The smallest absolute Gasteiger partial charge is 0.125 e. The first-order chi connectivity index (χ1) is 9.19. The maximum absolute atomic E-state index is 5.91. The lowest BCUT2D eigenvalue weighted by molar-refractivity contribution is 0.303. The fourth-order valence-electron chi connectivity index (χ4n) is 1.73. The Morgan fingerprint density at radius 2 is 2.11 bits per heavy atom. The van der Waals surface area contributed by atoms with Gasteiger partial charge >= 0.3 is 0 Å². The van der Waals surface area contributed by atoms with E-state index in [2.05, 4.69) is 10.3 Å². The summed E-state index contributed by atoms with van der Waals surface area (Å²) in [6, 6.07) is 9.57. The number of aryl methyl sites for hydroxylation is 1. The van der Waals surface area contributed by atoms with Crippen molar-refractivity contribution in [1.82, 2.24) is 4.98 Å². The Kier molecular flexibility index (Phi) is 4.63. The normalized spacial score (nSPS) is 10.3. The average molecular weight is 277 g/mol. The number of anilines is 1. The summed E-state index contributed by atoms with van der Waals surface area (Å²) >= 11 is 5.91. The van der Waals surface area contributed by atoms with Crippen molar-refractivity contribution in [3.05, 3.63) is 52.7 Å². The standard InChI is InChI=1S/C15H17ClN2O/c1-3-17-15-7-4-12(9-18-15)10-19-14-6-5-13(16)8-11(14)2/h4-9H,3,10H2,1-2H3,(H,17,18). The summed E-state index contributed by atoms with van der Waals surface area (Å²) in [7, 11) is 0. The van der Waals surface area contributed by atoms with Gasteiger partial charge in [0.2, 0.25) is 0 Å². The molecule has 1 heterocycles. The molecule has 1 aromatic carbocycles. The summed E-state index contributed by atoms with van der Waals surface area (Å²) in [4.78, 5) is 4.31. The fourth-order valence-corrected chi connectivity index (χ4v) is 1.96. The van der Waals surface area contributed by atoms with Crippen molar-refractivity contribution in [3.63, 3.8) is 0 Å². The van der Waals surface area contributed by atoms with E-state index in [1.165, 1.54) is 0 Å². The molecule has 2 rings (SSSR count). The number of nitrogens with zero attached hydrogens (tertiary/aromatic N) is 1. The third-order valence-corrected chi connectivity index (χ3v) is 2.95. The van der Waals surface area contributed by atoms with Crippen molar-refractivity contribution in [3.8, 4) is 5.75 Å². The van der Waals surface area contributed by atoms with E-state index in [9.17, 15) is 0 Å². The van der Waals surface area contributed by atoms with Gasteiger partial charge in [0.25, 0.3) is 0 Å². The number of nitrogens with one attached hydrogen (secondary N) is 1. The molecule has 4 heteroatoms. The lowest BCUT2D eigenvalue weighted by Gasteiger charge is -2.09. The summed E-state index contributed by atoms with van der Waals surface area (Å²) in [6.07, 6.45) is 1.82. The molecule has 19 heavy (non-hydrogen) atoms. The summed E-state index contributed by atoms with van der Waals surface area (Å²) in [5, 5.41) is 3.88. The van der Waals surface area contributed by atoms with Crippen LogP contribution < -0.4 is 10.1 Å². The van der Waals surface area contributed by atoms with Crippen LogP contribution in [-0.2, 0) is 6.61 Å². The van der Waals surface area contributed by atoms with Gasteiger partial charge in [-0.1, -0.05) is 17.7 Å². The molecule has 0 saturated heterocycles. The minimum atomic E-state index is 0.502. The molecule has 1 N–H and O–H groups in total. The molecule has 1 aromatic heterocycles. The highest BCUT2D eigenvalue weighted by Crippen LogP contribution is 2.22. The molecule has 0 unspecified atom stereocenters. The van der Waals surface area contributed by atoms with Crippen LogP contribution in [0.1, 0.15) is 18.1 Å². The molecule has 0 spiro atoms. The van der Waals surface area contributed by atoms with Crippen LogP contribution in [0.5, 0.6) is 5.75 Å². The molecule has 0 aliphatic heterocycles. The molecule has 0 radical (unpaired) electrons. The number of benzene rings is 1. The first-order valence-electron chi connectivity index (χ1n) is 6.27. The molecule has 0 aliphatic carbocycles. The van der Waals surface area contributed by atoms with Gasteiger partial charge in [0, 0.05) is 23.3 Å². The molecule has 100 valence electrons. The number of halogens is 1. The van der Waals surface area contributed by atoms with Crippen LogP contribution in [0.4, 0.5) is 5.82 Å². The molecular weight excluding hydrogens is 260 g/mol. The summed E-state index contributed by atoms with van der Waals surface area (Å²) in [6.45, 7) is 5.39. The second-order valence-electron chi connectivity index (χ2n) is 4.28. The van der Waals surface area contributed by atoms with Gasteiger partial charge in [-0.05, 0) is 43.7 Å². The monoisotopic (exact) mass is 276 g/mol. The van der Waals surface area contributed by atoms with Crippen LogP contribution in [0.15, 0.2) is 36.5 Å². The minimum absolute atomic E-state index is 0.502. The number of pyridine rings is 1. The topological polar surface area (TPSA) is 34.1 Å². The van der Waals surface area contributed by atoms with Crippen LogP contribution in [-0.4, -0.2) is 11.5 Å². The second kappa shape index (κ2) is 6.43. The van der Waals surface area contributed by atoms with Gasteiger partial charge in [0.15, 0.2) is 0 Å². The molecule has 0 bridgehead atoms. The Labute approximate surface area is 118 Å². The molecule has 0 atom stereocenters. The van der Waals surface area contributed by atoms with E-state index >= 15 is 0 Å². The zero-order valence-electron chi connectivity index (χ0n) is 11.1. The highest BCUT2D eigenvalue weighted by molar-refractivity contribution is 6.30. The molecule has 2 aromatic rings. The fraction of sp³-hybridized carbons (Fsp3) is 0.267. The third-order valence-electron chi connectivity index (χ3n) is 2.71. The third kappa shape index (κ3) is 3.86. The van der Waals surface area contributed by atoms with E-state index in [0.29, 0.717) is 6.61 Å². The van der Waals surface area contributed by atoms with Crippen LogP contribution >= 0.6 is 11.6 Å². The van der Waals surface area contributed by atoms with Gasteiger partial charge in [-0.2, -0.15) is 0 Å². The number of rotatable bonds is 5. The highest BCUT2D eigenvalue weighted by Gasteiger charge is 2.01. The zero-order valence-corrected chi connectivity index (χ0v) is 11.9. The Hall–Kier alpha value is -1.74. The van der Waals surface area contributed by atoms with Crippen molar-refractivity contribution in [2.24, 2.45) is 0 Å². The van der Waals surface area contributed by atoms with Crippen molar-refractivity contribution < 1.29 is 4.74 Å². The minimum Gasteiger partial charge on any atom is -0.489 e. The Balaban J connectivity index is 1.98. The quantitative estimate of drug-likeness (QED) is 0.894. The lowest BCUT2D eigenvalue weighted by Crippen LogP contribution is -2.01. The predicted molar refractivity (Wildman–Crippen MR) is 78.9 cm³/mol. The van der Waals surface area contributed by atoms with E-state index in [1.807, 2.05) is 50.4 Å². The van der Waals surface area contributed by atoms with Gasteiger partial charge < -0.3 is 10.1 Å². The first kappa shape index (κ1) is 13.7. The van der Waals surface area contributed by atoms with E-state index in [-0.39, 0.29) is 0 Å². The highest BCUT2D eigenvalue weighted by atomic mass is 35.5. The Morgan fingerprint density at radius 1 is 1.26 bits per heavy atom. The number of aromatic nitrogens is 1. The second-order valence-corrected chi connectivity index (χ2v) is 4.72. The van der Waals surface area contributed by atoms with Crippen molar-refractivity contribution >= 4 is 17.4 Å². The van der Waals surface area contributed by atoms with Gasteiger partial charge in [0.05, 0.1) is 0 Å². The van der Waals surface area contributed by atoms with Gasteiger partial charge in [0.1, 0.15) is 18.2 Å². The Bertz CT molecular complexity index is 540. The zero-order chi connectivity index (χ0) is 13.7.